The van der Waals surface area contributed by atoms with E-state index in [0.29, 0.717) is 18.5 Å². The van der Waals surface area contributed by atoms with Gasteiger partial charge in [0.15, 0.2) is 0 Å². The van der Waals surface area contributed by atoms with Crippen LogP contribution < -0.4 is 22.5 Å². The summed E-state index contributed by atoms with van der Waals surface area (Å²) >= 11 is 0. The van der Waals surface area contributed by atoms with Crippen LogP contribution in [0.2, 0.25) is 0 Å². The van der Waals surface area contributed by atoms with Crippen molar-refractivity contribution in [2.24, 2.45) is 17.2 Å². The van der Waals surface area contributed by atoms with Crippen molar-refractivity contribution in [3.05, 3.63) is 47.9 Å². The normalized spacial score (nSPS) is 13.0. The van der Waals surface area contributed by atoms with Gasteiger partial charge in [-0.25, -0.2) is 0 Å². The summed E-state index contributed by atoms with van der Waals surface area (Å²) in [6, 6.07) is 6.96. The quantitative estimate of drug-likeness (QED) is 0.498. The monoisotopic (exact) mass is 315 g/mol. The molecule has 0 unspecified atom stereocenters. The van der Waals surface area contributed by atoms with Crippen LogP contribution in [0.3, 0.4) is 0 Å². The van der Waals surface area contributed by atoms with Crippen LogP contribution >= 0.6 is 0 Å². The first kappa shape index (κ1) is 16.4. The van der Waals surface area contributed by atoms with Gasteiger partial charge < -0.3 is 27.5 Å². The minimum atomic E-state index is -0.773. The second-order valence-electron chi connectivity index (χ2n) is 5.33. The second kappa shape index (κ2) is 7.35. The van der Waals surface area contributed by atoms with Crippen molar-refractivity contribution in [2.75, 3.05) is 0 Å². The minimum Gasteiger partial charge on any atom is -0.403 e. The van der Waals surface area contributed by atoms with Crippen LogP contribution in [0.15, 0.2) is 42.4 Å². The predicted molar refractivity (Wildman–Crippen MR) is 88.8 cm³/mol. The van der Waals surface area contributed by atoms with Gasteiger partial charge >= 0.3 is 0 Å². The number of nitrogens with one attached hydrogen (secondary N) is 2. The van der Waals surface area contributed by atoms with Crippen LogP contribution in [0.25, 0.3) is 10.9 Å². The van der Waals surface area contributed by atoms with Crippen molar-refractivity contribution in [2.45, 2.75) is 25.3 Å². The molecule has 0 aliphatic carbocycles. The highest BCUT2D eigenvalue weighted by Gasteiger charge is 2.20. The summed E-state index contributed by atoms with van der Waals surface area (Å²) in [5, 5.41) is 3.65. The van der Waals surface area contributed by atoms with Crippen molar-refractivity contribution >= 4 is 22.7 Å². The summed E-state index contributed by atoms with van der Waals surface area (Å²) in [5.74, 6) is -0.871. The molecule has 0 aliphatic rings. The van der Waals surface area contributed by atoms with Gasteiger partial charge in [0.25, 0.3) is 0 Å². The number of nitrogens with two attached hydrogens (primary N) is 3. The summed E-state index contributed by atoms with van der Waals surface area (Å²) in [6.45, 7) is 0. The number of hydrogen-bond donors (Lipinski definition) is 5. The topological polar surface area (TPSA) is 140 Å². The molecule has 1 aromatic carbocycles. The average molecular weight is 315 g/mol. The Balaban J connectivity index is 2.04. The van der Waals surface area contributed by atoms with E-state index in [2.05, 4.69) is 10.3 Å². The van der Waals surface area contributed by atoms with Gasteiger partial charge in [-0.3, -0.25) is 9.59 Å². The SMILES string of the molecule is N/C=C(\N)CCC(=O)N[C@@H](Cc1c[nH]c2ccccc12)C(N)=O. The summed E-state index contributed by atoms with van der Waals surface area (Å²) < 4.78 is 0. The van der Waals surface area contributed by atoms with E-state index in [1.807, 2.05) is 30.5 Å². The zero-order valence-electron chi connectivity index (χ0n) is 12.7. The molecule has 0 spiro atoms. The molecular weight excluding hydrogens is 294 g/mol. The van der Waals surface area contributed by atoms with Gasteiger partial charge in [0.05, 0.1) is 0 Å². The molecule has 0 fully saturated rings. The number of amides is 2. The Morgan fingerprint density at radius 1 is 1.22 bits per heavy atom. The van der Waals surface area contributed by atoms with Gasteiger partial charge in [-0.2, -0.15) is 0 Å². The van der Waals surface area contributed by atoms with Crippen LogP contribution in [-0.2, 0) is 16.0 Å². The number of H-pyrrole nitrogens is 1. The number of aromatic nitrogens is 1. The molecule has 7 nitrogen and oxygen atoms in total. The summed E-state index contributed by atoms with van der Waals surface area (Å²) in [6.07, 6.45) is 3.89. The van der Waals surface area contributed by atoms with Gasteiger partial charge in [-0.05, 0) is 18.1 Å². The Hall–Kier alpha value is -2.96. The van der Waals surface area contributed by atoms with Crippen molar-refractivity contribution in [1.29, 1.82) is 0 Å². The largest absolute Gasteiger partial charge is 0.403 e. The lowest BCUT2D eigenvalue weighted by Crippen LogP contribution is -2.45. The first-order chi connectivity index (χ1) is 11.0. The fraction of sp³-hybridized carbons (Fsp3) is 0.250. The zero-order chi connectivity index (χ0) is 16.8. The number of aromatic amines is 1. The van der Waals surface area contributed by atoms with E-state index in [4.69, 9.17) is 17.2 Å². The van der Waals surface area contributed by atoms with E-state index in [-0.39, 0.29) is 12.3 Å². The lowest BCUT2D eigenvalue weighted by molar-refractivity contribution is -0.127. The molecule has 0 bridgehead atoms. The number of fused-ring (bicyclic) bond motifs is 1. The molecule has 1 heterocycles. The van der Waals surface area contributed by atoms with Gasteiger partial charge in [0.1, 0.15) is 6.04 Å². The molecule has 0 saturated carbocycles. The first-order valence-electron chi connectivity index (χ1n) is 7.31. The molecule has 0 aliphatic heterocycles. The molecule has 8 N–H and O–H groups in total. The molecule has 1 atom stereocenters. The molecule has 122 valence electrons. The third kappa shape index (κ3) is 4.26. The Bertz CT molecular complexity index is 735. The standard InChI is InChI=1S/C16H21N5O2/c17-8-11(18)5-6-15(22)21-14(16(19)23)7-10-9-20-13-4-2-1-3-12(10)13/h1-4,8-9,14,20H,5-7,17-18H2,(H2,19,23)(H,21,22)/b11-8-/t14-/m0/s1. The summed E-state index contributed by atoms with van der Waals surface area (Å²) in [7, 11) is 0. The average Bonchev–Trinajstić information content (AvgIpc) is 2.95. The highest BCUT2D eigenvalue weighted by Crippen LogP contribution is 2.19. The molecule has 23 heavy (non-hydrogen) atoms. The summed E-state index contributed by atoms with van der Waals surface area (Å²) in [5.41, 5.74) is 18.5. The fourth-order valence-corrected chi connectivity index (χ4v) is 2.35. The van der Waals surface area contributed by atoms with Gasteiger partial charge in [-0.1, -0.05) is 18.2 Å². The number of carbonyl (C=O) groups excluding carboxylic acids is 2. The van der Waals surface area contributed by atoms with E-state index in [0.717, 1.165) is 16.5 Å². The van der Waals surface area contributed by atoms with Crippen LogP contribution in [0.1, 0.15) is 18.4 Å². The van der Waals surface area contributed by atoms with E-state index in [1.54, 1.807) is 0 Å². The molecular formula is C16H21N5O2. The van der Waals surface area contributed by atoms with Crippen molar-refractivity contribution < 1.29 is 9.59 Å². The maximum absolute atomic E-state index is 11.9. The number of benzene rings is 1. The smallest absolute Gasteiger partial charge is 0.240 e. The minimum absolute atomic E-state index is 0.150. The molecule has 2 aromatic rings. The first-order valence-corrected chi connectivity index (χ1v) is 7.31. The maximum Gasteiger partial charge on any atom is 0.240 e. The molecule has 2 amide bonds. The Morgan fingerprint density at radius 3 is 2.65 bits per heavy atom. The van der Waals surface area contributed by atoms with E-state index in [1.165, 1.54) is 6.20 Å². The zero-order valence-corrected chi connectivity index (χ0v) is 12.7. The van der Waals surface area contributed by atoms with Crippen LogP contribution in [-0.4, -0.2) is 22.8 Å². The van der Waals surface area contributed by atoms with Crippen LogP contribution in [0, 0.1) is 0 Å². The molecule has 0 saturated heterocycles. The third-order valence-corrected chi connectivity index (χ3v) is 3.63. The molecule has 1 aromatic heterocycles. The number of allylic oxidation sites excluding steroid dienone is 1. The van der Waals surface area contributed by atoms with Crippen LogP contribution in [0.5, 0.6) is 0 Å². The Labute approximate surface area is 133 Å². The lowest BCUT2D eigenvalue weighted by Gasteiger charge is -2.15. The fourth-order valence-electron chi connectivity index (χ4n) is 2.35. The highest BCUT2D eigenvalue weighted by molar-refractivity contribution is 5.88. The molecule has 2 rings (SSSR count). The van der Waals surface area contributed by atoms with E-state index in [9.17, 15) is 9.59 Å². The van der Waals surface area contributed by atoms with Gasteiger partial charge in [-0.15, -0.1) is 0 Å². The maximum atomic E-state index is 11.9. The number of carbonyl (C=O) groups is 2. The molecule has 7 heteroatoms. The van der Waals surface area contributed by atoms with Crippen LogP contribution in [0.4, 0.5) is 0 Å². The number of primary amides is 1. The molecule has 0 radical (unpaired) electrons. The lowest BCUT2D eigenvalue weighted by atomic mass is 10.0. The van der Waals surface area contributed by atoms with Gasteiger partial charge in [0, 0.05) is 41.8 Å². The number of rotatable bonds is 7. The number of hydrogen-bond acceptors (Lipinski definition) is 4. The second-order valence-corrected chi connectivity index (χ2v) is 5.33. The van der Waals surface area contributed by atoms with Gasteiger partial charge in [0.2, 0.25) is 11.8 Å². The van der Waals surface area contributed by atoms with E-state index >= 15 is 0 Å². The highest BCUT2D eigenvalue weighted by atomic mass is 16.2. The van der Waals surface area contributed by atoms with Crippen molar-refractivity contribution in [1.82, 2.24) is 10.3 Å². The van der Waals surface area contributed by atoms with E-state index < -0.39 is 11.9 Å². The number of para-hydroxylation sites is 1. The predicted octanol–water partition coefficient (Wildman–Crippen LogP) is 0.220. The Morgan fingerprint density at radius 2 is 1.96 bits per heavy atom. The Kier molecular flexibility index (Phi) is 5.24. The van der Waals surface area contributed by atoms with Crippen molar-refractivity contribution in [3.8, 4) is 0 Å². The third-order valence-electron chi connectivity index (χ3n) is 3.63. The van der Waals surface area contributed by atoms with Crippen molar-refractivity contribution in [3.63, 3.8) is 0 Å². The summed E-state index contributed by atoms with van der Waals surface area (Å²) in [4.78, 5) is 26.7.